The first-order valence-corrected chi connectivity index (χ1v) is 8.56. The number of amides is 1. The van der Waals surface area contributed by atoms with Gasteiger partial charge in [0.05, 0.1) is 5.02 Å². The van der Waals surface area contributed by atoms with Gasteiger partial charge in [0, 0.05) is 19.7 Å². The molecule has 27 heavy (non-hydrogen) atoms. The van der Waals surface area contributed by atoms with Crippen molar-refractivity contribution < 1.29 is 23.8 Å². The summed E-state index contributed by atoms with van der Waals surface area (Å²) < 4.78 is 16.0. The van der Waals surface area contributed by atoms with Gasteiger partial charge in [0.25, 0.3) is 5.91 Å². The molecular formula is C20H18ClNO5. The molecule has 3 rings (SSSR count). The van der Waals surface area contributed by atoms with Crippen LogP contribution in [0.2, 0.25) is 5.02 Å². The van der Waals surface area contributed by atoms with Crippen molar-refractivity contribution in [3.05, 3.63) is 58.6 Å². The van der Waals surface area contributed by atoms with Gasteiger partial charge in [0.1, 0.15) is 5.75 Å². The molecule has 1 aliphatic rings. The van der Waals surface area contributed by atoms with Crippen LogP contribution in [-0.4, -0.2) is 44.1 Å². The lowest BCUT2D eigenvalue weighted by atomic mass is 10.1. The number of allylic oxidation sites excluding steroid dienone is 1. The van der Waals surface area contributed by atoms with E-state index in [1.165, 1.54) is 11.0 Å². The molecule has 0 N–H and O–H groups in total. The molecule has 0 aliphatic carbocycles. The lowest BCUT2D eigenvalue weighted by molar-refractivity contribution is -0.130. The standard InChI is InChI=1S/C20H18ClNO5/c1-22(2)19(24)11-25-15-6-4-14(5-7-15)17(23)8-3-13-9-16(21)20-18(10-13)26-12-27-20/h3-10H,11-12H2,1-2H3/b8-3+. The highest BCUT2D eigenvalue weighted by Gasteiger charge is 2.17. The molecule has 140 valence electrons. The van der Waals surface area contributed by atoms with Crippen molar-refractivity contribution >= 4 is 29.4 Å². The van der Waals surface area contributed by atoms with Gasteiger partial charge in [-0.2, -0.15) is 0 Å². The number of hydrogen-bond donors (Lipinski definition) is 0. The van der Waals surface area contributed by atoms with Gasteiger partial charge in [-0.15, -0.1) is 0 Å². The number of ketones is 1. The highest BCUT2D eigenvalue weighted by Crippen LogP contribution is 2.40. The number of ether oxygens (including phenoxy) is 3. The number of benzene rings is 2. The van der Waals surface area contributed by atoms with E-state index in [2.05, 4.69) is 0 Å². The number of rotatable bonds is 6. The molecule has 0 spiro atoms. The van der Waals surface area contributed by atoms with E-state index in [4.69, 9.17) is 25.8 Å². The molecule has 2 aromatic carbocycles. The second kappa shape index (κ2) is 8.14. The Balaban J connectivity index is 1.63. The summed E-state index contributed by atoms with van der Waals surface area (Å²) in [4.78, 5) is 25.3. The number of nitrogens with zero attached hydrogens (tertiary/aromatic N) is 1. The number of likely N-dealkylation sites (N-methyl/N-ethyl adjacent to an activating group) is 1. The fourth-order valence-electron chi connectivity index (χ4n) is 2.34. The van der Waals surface area contributed by atoms with Gasteiger partial charge in [-0.1, -0.05) is 17.7 Å². The van der Waals surface area contributed by atoms with Gasteiger partial charge in [-0.3, -0.25) is 9.59 Å². The summed E-state index contributed by atoms with van der Waals surface area (Å²) in [6.07, 6.45) is 3.12. The molecule has 0 saturated carbocycles. The summed E-state index contributed by atoms with van der Waals surface area (Å²) in [5.74, 6) is 1.29. The van der Waals surface area contributed by atoms with E-state index < -0.39 is 0 Å². The summed E-state index contributed by atoms with van der Waals surface area (Å²) in [7, 11) is 3.32. The quantitative estimate of drug-likeness (QED) is 0.561. The fraction of sp³-hybridized carbons (Fsp3) is 0.200. The van der Waals surface area contributed by atoms with E-state index in [0.717, 1.165) is 5.56 Å². The molecule has 0 aromatic heterocycles. The zero-order valence-corrected chi connectivity index (χ0v) is 15.7. The third-order valence-electron chi connectivity index (χ3n) is 3.88. The van der Waals surface area contributed by atoms with E-state index in [0.29, 0.717) is 27.8 Å². The van der Waals surface area contributed by atoms with Gasteiger partial charge in [-0.05, 0) is 48.0 Å². The van der Waals surface area contributed by atoms with Crippen molar-refractivity contribution in [2.24, 2.45) is 0 Å². The number of fused-ring (bicyclic) bond motifs is 1. The second-order valence-electron chi connectivity index (χ2n) is 6.04. The molecular weight excluding hydrogens is 370 g/mol. The summed E-state index contributed by atoms with van der Waals surface area (Å²) in [6, 6.07) is 10.1. The predicted molar refractivity (Wildman–Crippen MR) is 102 cm³/mol. The minimum atomic E-state index is -0.167. The van der Waals surface area contributed by atoms with Crippen molar-refractivity contribution in [1.82, 2.24) is 4.90 Å². The normalized spacial score (nSPS) is 12.3. The molecule has 1 amide bonds. The maximum atomic E-state index is 12.3. The van der Waals surface area contributed by atoms with Gasteiger partial charge < -0.3 is 19.1 Å². The SMILES string of the molecule is CN(C)C(=O)COc1ccc(C(=O)/C=C/c2cc(Cl)c3c(c2)OCO3)cc1. The Morgan fingerprint density at radius 1 is 1.19 bits per heavy atom. The Hall–Kier alpha value is -2.99. The zero-order valence-electron chi connectivity index (χ0n) is 14.9. The average Bonchev–Trinajstić information content (AvgIpc) is 3.13. The maximum Gasteiger partial charge on any atom is 0.259 e. The number of carbonyl (C=O) groups excluding carboxylic acids is 2. The van der Waals surface area contributed by atoms with Gasteiger partial charge >= 0.3 is 0 Å². The first kappa shape index (κ1) is 18.8. The highest BCUT2D eigenvalue weighted by atomic mass is 35.5. The Labute approximate surface area is 161 Å². The molecule has 0 fully saturated rings. The monoisotopic (exact) mass is 387 g/mol. The summed E-state index contributed by atoms with van der Waals surface area (Å²) in [5.41, 5.74) is 1.24. The van der Waals surface area contributed by atoms with Crippen molar-refractivity contribution in [3.8, 4) is 17.2 Å². The van der Waals surface area contributed by atoms with Crippen LogP contribution in [0.1, 0.15) is 15.9 Å². The van der Waals surface area contributed by atoms with Crippen LogP contribution in [0.25, 0.3) is 6.08 Å². The van der Waals surface area contributed by atoms with E-state index in [-0.39, 0.29) is 25.1 Å². The van der Waals surface area contributed by atoms with Crippen molar-refractivity contribution in [3.63, 3.8) is 0 Å². The minimum Gasteiger partial charge on any atom is -0.484 e. The molecule has 0 unspecified atom stereocenters. The molecule has 0 saturated heterocycles. The average molecular weight is 388 g/mol. The smallest absolute Gasteiger partial charge is 0.259 e. The van der Waals surface area contributed by atoms with E-state index >= 15 is 0 Å². The first-order chi connectivity index (χ1) is 12.9. The molecule has 0 atom stereocenters. The Kier molecular flexibility index (Phi) is 5.66. The van der Waals surface area contributed by atoms with E-state index in [9.17, 15) is 9.59 Å². The van der Waals surface area contributed by atoms with Gasteiger partial charge in [-0.25, -0.2) is 0 Å². The molecule has 0 bridgehead atoms. The van der Waals surface area contributed by atoms with Crippen molar-refractivity contribution in [1.29, 1.82) is 0 Å². The third-order valence-corrected chi connectivity index (χ3v) is 4.16. The number of carbonyl (C=O) groups is 2. The van der Waals surface area contributed by atoms with Crippen LogP contribution in [0.3, 0.4) is 0 Å². The molecule has 1 heterocycles. The van der Waals surface area contributed by atoms with E-state index in [1.807, 2.05) is 0 Å². The summed E-state index contributed by atoms with van der Waals surface area (Å²) in [6.45, 7) is 0.0841. The Morgan fingerprint density at radius 3 is 2.63 bits per heavy atom. The lowest BCUT2D eigenvalue weighted by Gasteiger charge is -2.11. The molecule has 0 radical (unpaired) electrons. The van der Waals surface area contributed by atoms with Crippen molar-refractivity contribution in [2.45, 2.75) is 0 Å². The topological polar surface area (TPSA) is 65.1 Å². The highest BCUT2D eigenvalue weighted by molar-refractivity contribution is 6.32. The van der Waals surface area contributed by atoms with Crippen LogP contribution in [0.4, 0.5) is 0 Å². The predicted octanol–water partition coefficient (Wildman–Crippen LogP) is 3.43. The Morgan fingerprint density at radius 2 is 1.93 bits per heavy atom. The van der Waals surface area contributed by atoms with Gasteiger partial charge in [0.2, 0.25) is 6.79 Å². The van der Waals surface area contributed by atoms with Crippen LogP contribution in [-0.2, 0) is 4.79 Å². The fourth-order valence-corrected chi connectivity index (χ4v) is 2.61. The molecule has 6 nitrogen and oxygen atoms in total. The number of halogens is 1. The third kappa shape index (κ3) is 4.60. The first-order valence-electron chi connectivity index (χ1n) is 8.18. The van der Waals surface area contributed by atoms with Crippen LogP contribution < -0.4 is 14.2 Å². The van der Waals surface area contributed by atoms with Crippen molar-refractivity contribution in [2.75, 3.05) is 27.5 Å². The summed E-state index contributed by atoms with van der Waals surface area (Å²) >= 11 is 6.13. The minimum absolute atomic E-state index is 0.0505. The largest absolute Gasteiger partial charge is 0.484 e. The molecule has 1 aliphatic heterocycles. The Bertz CT molecular complexity index is 890. The summed E-state index contributed by atoms with van der Waals surface area (Å²) in [5, 5.41) is 0.436. The van der Waals surface area contributed by atoms with Crippen LogP contribution >= 0.6 is 11.6 Å². The van der Waals surface area contributed by atoms with E-state index in [1.54, 1.807) is 56.6 Å². The second-order valence-corrected chi connectivity index (χ2v) is 6.44. The zero-order chi connectivity index (χ0) is 19.4. The lowest BCUT2D eigenvalue weighted by Crippen LogP contribution is -2.27. The maximum absolute atomic E-state index is 12.3. The van der Waals surface area contributed by atoms with Crippen LogP contribution in [0.15, 0.2) is 42.5 Å². The molecule has 2 aromatic rings. The molecule has 7 heteroatoms. The van der Waals surface area contributed by atoms with Gasteiger partial charge in [0.15, 0.2) is 23.9 Å². The number of hydrogen-bond acceptors (Lipinski definition) is 5. The van der Waals surface area contributed by atoms with Crippen LogP contribution in [0, 0.1) is 0 Å². The van der Waals surface area contributed by atoms with Crippen LogP contribution in [0.5, 0.6) is 17.2 Å².